The molecule has 0 aliphatic heterocycles. The number of hydrogen-bond acceptors (Lipinski definition) is 4. The van der Waals surface area contributed by atoms with Gasteiger partial charge in [-0.15, -0.1) is 0 Å². The van der Waals surface area contributed by atoms with Gasteiger partial charge >= 0.3 is 6.03 Å². The molecule has 0 unspecified atom stereocenters. The number of rotatable bonds is 6. The Balaban J connectivity index is 2.51. The molecule has 1 aromatic rings. The lowest BCUT2D eigenvalue weighted by atomic mass is 10.2. The van der Waals surface area contributed by atoms with Gasteiger partial charge in [0.25, 0.3) is 5.91 Å². The van der Waals surface area contributed by atoms with E-state index in [1.54, 1.807) is 32.3 Å². The molecule has 0 spiro atoms. The molecule has 2 N–H and O–H groups in total. The molecule has 0 fully saturated rings. The summed E-state index contributed by atoms with van der Waals surface area (Å²) in [6.07, 6.45) is 0. The topological polar surface area (TPSA) is 79.9 Å². The predicted molar refractivity (Wildman–Crippen MR) is 79.0 cm³/mol. The summed E-state index contributed by atoms with van der Waals surface area (Å²) in [6, 6.07) is 4.72. The molecular formula is C14H21N3O4. The van der Waals surface area contributed by atoms with Crippen LogP contribution in [0.5, 0.6) is 11.5 Å². The molecule has 0 saturated carbocycles. The third kappa shape index (κ3) is 4.87. The molecule has 7 nitrogen and oxygen atoms in total. The Morgan fingerprint density at radius 3 is 2.24 bits per heavy atom. The van der Waals surface area contributed by atoms with E-state index in [2.05, 4.69) is 10.6 Å². The molecule has 0 bridgehead atoms. The van der Waals surface area contributed by atoms with Gasteiger partial charge in [0.1, 0.15) is 0 Å². The van der Waals surface area contributed by atoms with Crippen LogP contribution >= 0.6 is 0 Å². The third-order valence-electron chi connectivity index (χ3n) is 2.74. The number of benzene rings is 1. The van der Waals surface area contributed by atoms with Crippen molar-refractivity contribution in [1.82, 2.24) is 15.5 Å². The molecule has 0 aliphatic rings. The van der Waals surface area contributed by atoms with Gasteiger partial charge in [-0.2, -0.15) is 0 Å². The number of carbonyl (C=O) groups is 2. The number of carbonyl (C=O) groups excluding carboxylic acids is 2. The number of ether oxygens (including phenoxy) is 2. The first-order valence-electron chi connectivity index (χ1n) is 6.45. The number of methoxy groups -OCH3 is 2. The van der Waals surface area contributed by atoms with Gasteiger partial charge in [0, 0.05) is 32.7 Å². The van der Waals surface area contributed by atoms with Crippen molar-refractivity contribution < 1.29 is 19.1 Å². The number of nitrogens with zero attached hydrogens (tertiary/aromatic N) is 1. The Morgan fingerprint density at radius 1 is 1.05 bits per heavy atom. The maximum atomic E-state index is 12.0. The van der Waals surface area contributed by atoms with Crippen LogP contribution in [0.25, 0.3) is 0 Å². The summed E-state index contributed by atoms with van der Waals surface area (Å²) in [5, 5.41) is 5.37. The fourth-order valence-electron chi connectivity index (χ4n) is 1.58. The zero-order chi connectivity index (χ0) is 15.8. The summed E-state index contributed by atoms with van der Waals surface area (Å²) in [7, 11) is 6.34. The molecule has 0 aromatic heterocycles. The fraction of sp³-hybridized carbons (Fsp3) is 0.429. The summed E-state index contributed by atoms with van der Waals surface area (Å²) in [6.45, 7) is 0.697. The molecule has 0 aliphatic carbocycles. The molecule has 1 aromatic carbocycles. The maximum Gasteiger partial charge on any atom is 0.316 e. The largest absolute Gasteiger partial charge is 0.493 e. The lowest BCUT2D eigenvalue weighted by Gasteiger charge is -2.12. The number of amides is 3. The van der Waals surface area contributed by atoms with Crippen molar-refractivity contribution in [2.24, 2.45) is 0 Å². The number of nitrogens with one attached hydrogen (secondary N) is 2. The van der Waals surface area contributed by atoms with Crippen molar-refractivity contribution in [2.45, 2.75) is 0 Å². The maximum absolute atomic E-state index is 12.0. The van der Waals surface area contributed by atoms with E-state index in [9.17, 15) is 9.59 Å². The fourth-order valence-corrected chi connectivity index (χ4v) is 1.58. The first-order valence-corrected chi connectivity index (χ1v) is 6.45. The van der Waals surface area contributed by atoms with Crippen LogP contribution in [-0.2, 0) is 0 Å². The molecule has 0 heterocycles. The summed E-state index contributed by atoms with van der Waals surface area (Å²) >= 11 is 0. The van der Waals surface area contributed by atoms with Gasteiger partial charge in [-0.1, -0.05) is 0 Å². The van der Waals surface area contributed by atoms with Crippen LogP contribution in [-0.4, -0.2) is 58.2 Å². The molecule has 7 heteroatoms. The zero-order valence-corrected chi connectivity index (χ0v) is 12.7. The van der Waals surface area contributed by atoms with E-state index >= 15 is 0 Å². The van der Waals surface area contributed by atoms with Crippen LogP contribution in [0.1, 0.15) is 10.4 Å². The first-order chi connectivity index (χ1) is 9.99. The van der Waals surface area contributed by atoms with Crippen molar-refractivity contribution >= 4 is 11.9 Å². The van der Waals surface area contributed by atoms with E-state index in [-0.39, 0.29) is 11.9 Å². The van der Waals surface area contributed by atoms with Crippen LogP contribution < -0.4 is 20.1 Å². The summed E-state index contributed by atoms with van der Waals surface area (Å²) < 4.78 is 10.3. The highest BCUT2D eigenvalue weighted by Crippen LogP contribution is 2.27. The minimum atomic E-state index is -0.241. The van der Waals surface area contributed by atoms with Crippen molar-refractivity contribution in [3.8, 4) is 11.5 Å². The Morgan fingerprint density at radius 2 is 1.67 bits per heavy atom. The lowest BCUT2D eigenvalue weighted by Crippen LogP contribution is -2.39. The molecule has 3 amide bonds. The Hall–Kier alpha value is -2.44. The van der Waals surface area contributed by atoms with Gasteiger partial charge in [-0.3, -0.25) is 4.79 Å². The molecule has 1 rings (SSSR count). The van der Waals surface area contributed by atoms with Crippen molar-refractivity contribution in [3.63, 3.8) is 0 Å². The molecule has 0 atom stereocenters. The number of urea groups is 1. The van der Waals surface area contributed by atoms with Crippen LogP contribution in [0.2, 0.25) is 0 Å². The van der Waals surface area contributed by atoms with E-state index in [1.807, 2.05) is 0 Å². The highest BCUT2D eigenvalue weighted by atomic mass is 16.5. The third-order valence-corrected chi connectivity index (χ3v) is 2.74. The minimum absolute atomic E-state index is 0.199. The predicted octanol–water partition coefficient (Wildman–Crippen LogP) is 0.705. The second-order valence-electron chi connectivity index (χ2n) is 4.45. The highest BCUT2D eigenvalue weighted by Gasteiger charge is 2.10. The van der Waals surface area contributed by atoms with Crippen LogP contribution in [0, 0.1) is 0 Å². The van der Waals surface area contributed by atoms with E-state index in [1.165, 1.54) is 19.1 Å². The van der Waals surface area contributed by atoms with Crippen LogP contribution in [0.3, 0.4) is 0 Å². The second kappa shape index (κ2) is 7.98. The van der Waals surface area contributed by atoms with Crippen LogP contribution in [0.15, 0.2) is 18.2 Å². The quantitative estimate of drug-likeness (QED) is 0.757. The molecule has 21 heavy (non-hydrogen) atoms. The normalized spacial score (nSPS) is 9.71. The average Bonchev–Trinajstić information content (AvgIpc) is 2.50. The Kier molecular flexibility index (Phi) is 6.32. The van der Waals surface area contributed by atoms with Gasteiger partial charge in [0.15, 0.2) is 11.5 Å². The Labute approximate surface area is 124 Å². The second-order valence-corrected chi connectivity index (χ2v) is 4.45. The van der Waals surface area contributed by atoms with E-state index in [0.29, 0.717) is 30.2 Å². The van der Waals surface area contributed by atoms with Gasteiger partial charge in [-0.05, 0) is 18.2 Å². The lowest BCUT2D eigenvalue weighted by molar-refractivity contribution is 0.0953. The zero-order valence-electron chi connectivity index (χ0n) is 12.7. The molecule has 0 saturated heterocycles. The standard InChI is InChI=1S/C14H21N3O4/c1-17(2)14(19)16-8-7-15-13(18)10-5-6-11(20-3)12(9-10)21-4/h5-6,9H,7-8H2,1-4H3,(H,15,18)(H,16,19). The van der Waals surface area contributed by atoms with Gasteiger partial charge in [-0.25, -0.2) is 4.79 Å². The van der Waals surface area contributed by atoms with Crippen LogP contribution in [0.4, 0.5) is 4.79 Å². The summed E-state index contributed by atoms with van der Waals surface area (Å²) in [5.74, 6) is 0.813. The van der Waals surface area contributed by atoms with Crippen molar-refractivity contribution in [1.29, 1.82) is 0 Å². The van der Waals surface area contributed by atoms with Gasteiger partial charge < -0.3 is 25.0 Å². The highest BCUT2D eigenvalue weighted by molar-refractivity contribution is 5.94. The SMILES string of the molecule is COc1ccc(C(=O)NCCNC(=O)N(C)C)cc1OC. The first kappa shape index (κ1) is 16.6. The van der Waals surface area contributed by atoms with Crippen molar-refractivity contribution in [3.05, 3.63) is 23.8 Å². The minimum Gasteiger partial charge on any atom is -0.493 e. The smallest absolute Gasteiger partial charge is 0.316 e. The number of hydrogen-bond donors (Lipinski definition) is 2. The van der Waals surface area contributed by atoms with E-state index in [4.69, 9.17) is 9.47 Å². The summed E-state index contributed by atoms with van der Waals surface area (Å²) in [4.78, 5) is 24.7. The molecular weight excluding hydrogens is 274 g/mol. The molecule has 0 radical (unpaired) electrons. The van der Waals surface area contributed by atoms with Crippen molar-refractivity contribution in [2.75, 3.05) is 41.4 Å². The summed E-state index contributed by atoms with van der Waals surface area (Å²) in [5.41, 5.74) is 0.464. The Bertz CT molecular complexity index is 503. The van der Waals surface area contributed by atoms with Gasteiger partial charge in [0.05, 0.1) is 14.2 Å². The average molecular weight is 295 g/mol. The van der Waals surface area contributed by atoms with E-state index < -0.39 is 0 Å². The monoisotopic (exact) mass is 295 g/mol. The molecule has 116 valence electrons. The van der Waals surface area contributed by atoms with E-state index in [0.717, 1.165) is 0 Å². The van der Waals surface area contributed by atoms with Gasteiger partial charge in [0.2, 0.25) is 0 Å².